The molecule has 0 saturated carbocycles. The highest BCUT2D eigenvalue weighted by Crippen LogP contribution is 2.29. The van der Waals surface area contributed by atoms with Crippen LogP contribution >= 0.6 is 11.3 Å². The molecule has 160 valence electrons. The lowest BCUT2D eigenvalue weighted by molar-refractivity contribution is 0.0751. The van der Waals surface area contributed by atoms with E-state index in [1.54, 1.807) is 48.2 Å². The number of hydrogen-bond donors (Lipinski definition) is 0. The van der Waals surface area contributed by atoms with Gasteiger partial charge >= 0.3 is 0 Å². The van der Waals surface area contributed by atoms with Crippen LogP contribution in [-0.4, -0.2) is 51.2 Å². The molecule has 4 rings (SSSR count). The van der Waals surface area contributed by atoms with Crippen molar-refractivity contribution in [2.24, 2.45) is 0 Å². The molecule has 2 aromatic carbocycles. The van der Waals surface area contributed by atoms with E-state index in [2.05, 4.69) is 4.90 Å². The fourth-order valence-electron chi connectivity index (χ4n) is 3.53. The van der Waals surface area contributed by atoms with Crippen LogP contribution in [0.1, 0.15) is 27.0 Å². The van der Waals surface area contributed by atoms with E-state index in [9.17, 15) is 18.0 Å². The second-order valence-corrected chi connectivity index (χ2v) is 10.6. The van der Waals surface area contributed by atoms with Crippen molar-refractivity contribution in [3.05, 3.63) is 77.2 Å². The van der Waals surface area contributed by atoms with Gasteiger partial charge in [-0.05, 0) is 55.5 Å². The molecule has 1 aliphatic heterocycles. The highest BCUT2D eigenvalue weighted by Gasteiger charge is 2.26. The van der Waals surface area contributed by atoms with Crippen molar-refractivity contribution < 1.29 is 18.0 Å². The maximum absolute atomic E-state index is 12.9. The van der Waals surface area contributed by atoms with Gasteiger partial charge < -0.3 is 9.80 Å². The highest BCUT2D eigenvalue weighted by molar-refractivity contribution is 7.93. The molecule has 0 atom stereocenters. The van der Waals surface area contributed by atoms with Crippen LogP contribution in [0.5, 0.6) is 0 Å². The van der Waals surface area contributed by atoms with Crippen molar-refractivity contribution in [2.75, 3.05) is 31.1 Å². The Labute approximate surface area is 185 Å². The molecule has 1 aliphatic rings. The number of rotatable bonds is 5. The number of anilines is 1. The maximum Gasteiger partial charge on any atom is 0.264 e. The Morgan fingerprint density at radius 1 is 0.839 bits per heavy atom. The van der Waals surface area contributed by atoms with Crippen molar-refractivity contribution in [3.8, 4) is 0 Å². The average molecular weight is 455 g/mol. The lowest BCUT2D eigenvalue weighted by atomic mass is 10.1. The molecule has 1 aromatic heterocycles. The van der Waals surface area contributed by atoms with Gasteiger partial charge in [0.05, 0.1) is 9.77 Å². The zero-order chi connectivity index (χ0) is 22.0. The lowest BCUT2D eigenvalue weighted by Crippen LogP contribution is -2.48. The Morgan fingerprint density at radius 2 is 1.48 bits per heavy atom. The van der Waals surface area contributed by atoms with Crippen molar-refractivity contribution in [2.45, 2.75) is 16.0 Å². The van der Waals surface area contributed by atoms with Gasteiger partial charge in [-0.1, -0.05) is 18.2 Å². The van der Waals surface area contributed by atoms with Gasteiger partial charge in [0.25, 0.3) is 5.91 Å². The minimum Gasteiger partial charge on any atom is -0.368 e. The number of carbonyl (C=O) groups excluding carboxylic acids is 2. The van der Waals surface area contributed by atoms with Gasteiger partial charge in [-0.3, -0.25) is 9.59 Å². The third kappa shape index (κ3) is 4.40. The Bertz CT molecular complexity index is 1190. The summed E-state index contributed by atoms with van der Waals surface area (Å²) in [5.41, 5.74) is 1.70. The van der Waals surface area contributed by atoms with Crippen LogP contribution < -0.4 is 4.90 Å². The summed E-state index contributed by atoms with van der Waals surface area (Å²) in [5, 5.41) is 0. The average Bonchev–Trinajstić information content (AvgIpc) is 3.31. The predicted molar refractivity (Wildman–Crippen MR) is 121 cm³/mol. The molecule has 31 heavy (non-hydrogen) atoms. The number of Topliss-reactive ketones (excluding diaryl/α,β-unsaturated/α-hetero) is 1. The number of benzene rings is 2. The van der Waals surface area contributed by atoms with Crippen LogP contribution in [0.15, 0.2) is 75.8 Å². The number of amides is 1. The van der Waals surface area contributed by atoms with Crippen LogP contribution in [-0.2, 0) is 9.84 Å². The van der Waals surface area contributed by atoms with Crippen LogP contribution in [0, 0.1) is 0 Å². The van der Waals surface area contributed by atoms with E-state index in [1.165, 1.54) is 6.07 Å². The predicted octanol–water partition coefficient (Wildman–Crippen LogP) is 3.75. The van der Waals surface area contributed by atoms with Gasteiger partial charge in [0.2, 0.25) is 9.84 Å². The molecule has 0 N–H and O–H groups in total. The smallest absolute Gasteiger partial charge is 0.264 e. The minimum atomic E-state index is -3.62. The molecule has 1 saturated heterocycles. The van der Waals surface area contributed by atoms with Gasteiger partial charge in [-0.15, -0.1) is 11.3 Å². The first-order valence-corrected chi connectivity index (χ1v) is 12.2. The quantitative estimate of drug-likeness (QED) is 0.549. The number of ketones is 1. The van der Waals surface area contributed by atoms with E-state index in [4.69, 9.17) is 0 Å². The normalized spacial score (nSPS) is 14.5. The molecule has 0 radical (unpaired) electrons. The summed E-state index contributed by atoms with van der Waals surface area (Å²) in [7, 11) is -3.62. The van der Waals surface area contributed by atoms with Crippen molar-refractivity contribution in [1.29, 1.82) is 0 Å². The van der Waals surface area contributed by atoms with Crippen LogP contribution in [0.2, 0.25) is 0 Å². The second-order valence-electron chi connectivity index (χ2n) is 7.32. The van der Waals surface area contributed by atoms with Crippen LogP contribution in [0.4, 0.5) is 5.69 Å². The lowest BCUT2D eigenvalue weighted by Gasteiger charge is -2.36. The summed E-state index contributed by atoms with van der Waals surface area (Å²) in [6.45, 7) is 3.98. The summed E-state index contributed by atoms with van der Waals surface area (Å²) in [6, 6.07) is 18.8. The molecule has 8 heteroatoms. The van der Waals surface area contributed by atoms with Gasteiger partial charge in [0, 0.05) is 37.4 Å². The maximum atomic E-state index is 12.9. The molecule has 0 spiro atoms. The fraction of sp³-hybridized carbons (Fsp3) is 0.217. The number of hydrogen-bond acceptors (Lipinski definition) is 6. The molecular formula is C23H22N2O4S2. The second kappa shape index (κ2) is 8.64. The first-order valence-electron chi connectivity index (χ1n) is 9.91. The van der Waals surface area contributed by atoms with E-state index in [0.29, 0.717) is 36.6 Å². The zero-order valence-electron chi connectivity index (χ0n) is 17.0. The summed E-state index contributed by atoms with van der Waals surface area (Å²) < 4.78 is 25.7. The standard InChI is InChI=1S/C23H22N2O4S2/c1-17(26)18-7-9-19(10-8-18)24-13-15-25(16-14-24)23(27)21-11-12-22(30-21)31(28,29)20-5-3-2-4-6-20/h2-12H,13-16H2,1H3. The summed E-state index contributed by atoms with van der Waals surface area (Å²) >= 11 is 1.01. The van der Waals surface area contributed by atoms with Crippen LogP contribution in [0.25, 0.3) is 0 Å². The number of carbonyl (C=O) groups is 2. The number of piperazine rings is 1. The van der Waals surface area contributed by atoms with E-state index in [1.807, 2.05) is 24.3 Å². The Morgan fingerprint density at radius 3 is 2.10 bits per heavy atom. The molecule has 0 unspecified atom stereocenters. The van der Waals surface area contributed by atoms with E-state index in [-0.39, 0.29) is 20.8 Å². The molecule has 0 aliphatic carbocycles. The third-order valence-corrected chi connectivity index (χ3v) is 8.65. The number of thiophene rings is 1. The van der Waals surface area contributed by atoms with Crippen LogP contribution in [0.3, 0.4) is 0 Å². The van der Waals surface area contributed by atoms with Gasteiger partial charge in [0.1, 0.15) is 4.21 Å². The van der Waals surface area contributed by atoms with E-state index >= 15 is 0 Å². The number of sulfone groups is 1. The Hall–Kier alpha value is -2.97. The number of nitrogens with zero attached hydrogens (tertiary/aromatic N) is 2. The van der Waals surface area contributed by atoms with Crippen molar-refractivity contribution >= 4 is 38.6 Å². The first-order chi connectivity index (χ1) is 14.9. The molecule has 2 heterocycles. The third-order valence-electron chi connectivity index (χ3n) is 5.32. The monoisotopic (exact) mass is 454 g/mol. The van der Waals surface area contributed by atoms with Gasteiger partial charge in [-0.2, -0.15) is 0 Å². The van der Waals surface area contributed by atoms with Gasteiger partial charge in [0.15, 0.2) is 5.78 Å². The highest BCUT2D eigenvalue weighted by atomic mass is 32.2. The molecular weight excluding hydrogens is 432 g/mol. The van der Waals surface area contributed by atoms with Gasteiger partial charge in [-0.25, -0.2) is 8.42 Å². The largest absolute Gasteiger partial charge is 0.368 e. The molecule has 1 fully saturated rings. The molecule has 3 aromatic rings. The topological polar surface area (TPSA) is 74.8 Å². The molecule has 6 nitrogen and oxygen atoms in total. The Kier molecular flexibility index (Phi) is 5.93. The molecule has 0 bridgehead atoms. The van der Waals surface area contributed by atoms with Crippen molar-refractivity contribution in [3.63, 3.8) is 0 Å². The zero-order valence-corrected chi connectivity index (χ0v) is 18.7. The first kappa shape index (κ1) is 21.3. The minimum absolute atomic E-state index is 0.0339. The Balaban J connectivity index is 1.42. The van der Waals surface area contributed by atoms with Crippen molar-refractivity contribution in [1.82, 2.24) is 4.90 Å². The summed E-state index contributed by atoms with van der Waals surface area (Å²) in [4.78, 5) is 28.9. The fourth-order valence-corrected chi connectivity index (χ4v) is 6.22. The summed E-state index contributed by atoms with van der Waals surface area (Å²) in [6.07, 6.45) is 0. The van der Waals surface area contributed by atoms with E-state index < -0.39 is 9.84 Å². The SMILES string of the molecule is CC(=O)c1ccc(N2CCN(C(=O)c3ccc(S(=O)(=O)c4ccccc4)s3)CC2)cc1. The molecule has 1 amide bonds. The van der Waals surface area contributed by atoms with E-state index in [0.717, 1.165) is 17.0 Å². The summed E-state index contributed by atoms with van der Waals surface area (Å²) in [5.74, 6) is -0.113.